The van der Waals surface area contributed by atoms with Crippen LogP contribution in [-0.4, -0.2) is 33.9 Å². The lowest BCUT2D eigenvalue weighted by Gasteiger charge is -2.32. The largest absolute Gasteiger partial charge is 0.338 e. The first-order chi connectivity index (χ1) is 14.1. The molecule has 1 aliphatic heterocycles. The molecule has 0 radical (unpaired) electrons. The van der Waals surface area contributed by atoms with Crippen LogP contribution in [0.4, 0.5) is 11.6 Å². The Balaban J connectivity index is 1.49. The number of nitrogens with one attached hydrogen (secondary N) is 1. The Hall–Kier alpha value is -3.21. The van der Waals surface area contributed by atoms with Crippen LogP contribution in [0.25, 0.3) is 0 Å². The molecule has 0 unspecified atom stereocenters. The van der Waals surface area contributed by atoms with Crippen LogP contribution in [0, 0.1) is 13.8 Å². The highest BCUT2D eigenvalue weighted by Gasteiger charge is 2.26. The summed E-state index contributed by atoms with van der Waals surface area (Å²) in [4.78, 5) is 24.0. The maximum atomic E-state index is 12.9. The van der Waals surface area contributed by atoms with E-state index in [1.807, 2.05) is 60.4 Å². The average molecular weight is 386 g/mol. The van der Waals surface area contributed by atoms with E-state index in [2.05, 4.69) is 23.3 Å². The Morgan fingerprint density at radius 1 is 1.07 bits per heavy atom. The molecule has 1 aliphatic rings. The fraction of sp³-hybridized carbons (Fsp3) is 0.292. The van der Waals surface area contributed by atoms with Gasteiger partial charge in [-0.25, -0.2) is 9.97 Å². The lowest BCUT2D eigenvalue weighted by atomic mass is 9.94. The summed E-state index contributed by atoms with van der Waals surface area (Å²) in [6, 6.07) is 17.9. The van der Waals surface area contributed by atoms with E-state index in [0.717, 1.165) is 47.5 Å². The minimum atomic E-state index is 0.0991. The molecule has 2 aromatic carbocycles. The zero-order valence-corrected chi connectivity index (χ0v) is 16.9. The predicted molar refractivity (Wildman–Crippen MR) is 116 cm³/mol. The maximum Gasteiger partial charge on any atom is 0.253 e. The van der Waals surface area contributed by atoms with Gasteiger partial charge in [-0.1, -0.05) is 35.9 Å². The van der Waals surface area contributed by atoms with Gasteiger partial charge in [0.15, 0.2) is 0 Å². The van der Waals surface area contributed by atoms with E-state index < -0.39 is 0 Å². The van der Waals surface area contributed by atoms with Gasteiger partial charge >= 0.3 is 0 Å². The number of hydrogen-bond acceptors (Lipinski definition) is 4. The van der Waals surface area contributed by atoms with Gasteiger partial charge < -0.3 is 10.2 Å². The number of rotatable bonds is 4. The topological polar surface area (TPSA) is 58.1 Å². The summed E-state index contributed by atoms with van der Waals surface area (Å²) >= 11 is 0. The van der Waals surface area contributed by atoms with Gasteiger partial charge in [-0.2, -0.15) is 0 Å². The molecule has 5 nitrogen and oxygen atoms in total. The van der Waals surface area contributed by atoms with Crippen molar-refractivity contribution in [2.24, 2.45) is 0 Å². The van der Waals surface area contributed by atoms with Crippen molar-refractivity contribution in [1.82, 2.24) is 14.9 Å². The second-order valence-corrected chi connectivity index (χ2v) is 7.70. The number of nitrogens with zero attached hydrogens (tertiary/aromatic N) is 3. The van der Waals surface area contributed by atoms with Crippen molar-refractivity contribution in [3.63, 3.8) is 0 Å². The van der Waals surface area contributed by atoms with Crippen LogP contribution in [-0.2, 0) is 0 Å². The minimum absolute atomic E-state index is 0.0991. The fourth-order valence-corrected chi connectivity index (χ4v) is 3.78. The second kappa shape index (κ2) is 8.43. The molecule has 3 aromatic rings. The highest BCUT2D eigenvalue weighted by molar-refractivity contribution is 5.94. The van der Waals surface area contributed by atoms with Crippen LogP contribution in [0.1, 0.15) is 45.9 Å². The molecule has 1 saturated heterocycles. The summed E-state index contributed by atoms with van der Waals surface area (Å²) < 4.78 is 0. The summed E-state index contributed by atoms with van der Waals surface area (Å²) in [6.07, 6.45) is 3.80. The molecule has 148 valence electrons. The number of piperidine rings is 1. The van der Waals surface area contributed by atoms with E-state index in [-0.39, 0.29) is 11.8 Å². The molecule has 0 aliphatic carbocycles. The Morgan fingerprint density at radius 3 is 2.66 bits per heavy atom. The second-order valence-electron chi connectivity index (χ2n) is 7.70. The van der Waals surface area contributed by atoms with Gasteiger partial charge in [0.05, 0.1) is 5.69 Å². The van der Waals surface area contributed by atoms with E-state index in [0.29, 0.717) is 12.5 Å². The number of likely N-dealkylation sites (tertiary alicyclic amines) is 1. The van der Waals surface area contributed by atoms with Crippen molar-refractivity contribution < 1.29 is 4.79 Å². The Bertz CT molecular complexity index is 1000. The molecule has 29 heavy (non-hydrogen) atoms. The van der Waals surface area contributed by atoms with Crippen LogP contribution in [0.2, 0.25) is 0 Å². The molecule has 4 rings (SSSR count). The molecule has 1 aromatic heterocycles. The van der Waals surface area contributed by atoms with Gasteiger partial charge in [-0.05, 0) is 56.5 Å². The van der Waals surface area contributed by atoms with E-state index in [1.54, 1.807) is 6.20 Å². The van der Waals surface area contributed by atoms with Crippen LogP contribution >= 0.6 is 0 Å². The number of carbonyl (C=O) groups excluding carboxylic acids is 1. The predicted octanol–water partition coefficient (Wildman–Crippen LogP) is 4.86. The molecular weight excluding hydrogens is 360 g/mol. The highest BCUT2D eigenvalue weighted by Crippen LogP contribution is 2.27. The van der Waals surface area contributed by atoms with Crippen molar-refractivity contribution in [2.45, 2.75) is 32.6 Å². The molecule has 2 heterocycles. The summed E-state index contributed by atoms with van der Waals surface area (Å²) in [5.41, 5.74) is 5.05. The van der Waals surface area contributed by atoms with Crippen molar-refractivity contribution in [1.29, 1.82) is 0 Å². The van der Waals surface area contributed by atoms with E-state index in [4.69, 9.17) is 4.98 Å². The van der Waals surface area contributed by atoms with E-state index in [1.165, 1.54) is 0 Å². The molecule has 1 amide bonds. The average Bonchev–Trinajstić information content (AvgIpc) is 2.76. The lowest BCUT2D eigenvalue weighted by Crippen LogP contribution is -2.39. The van der Waals surface area contributed by atoms with Gasteiger partial charge in [0, 0.05) is 36.5 Å². The fourth-order valence-electron chi connectivity index (χ4n) is 3.78. The number of hydrogen-bond donors (Lipinski definition) is 1. The van der Waals surface area contributed by atoms with Gasteiger partial charge in [-0.15, -0.1) is 0 Å². The molecular formula is C24H26N4O. The SMILES string of the molecule is Cc1ccc(C(=O)N2CCC[C@H](c3ccnc(Nc4ccccc4C)n3)C2)cc1. The van der Waals surface area contributed by atoms with Crippen molar-refractivity contribution in [3.8, 4) is 0 Å². The van der Waals surface area contributed by atoms with Crippen molar-refractivity contribution in [3.05, 3.63) is 83.2 Å². The number of aromatic nitrogens is 2. The molecule has 5 heteroatoms. The Labute approximate surface area is 171 Å². The lowest BCUT2D eigenvalue weighted by molar-refractivity contribution is 0.0706. The van der Waals surface area contributed by atoms with Crippen molar-refractivity contribution >= 4 is 17.5 Å². The van der Waals surface area contributed by atoms with Crippen LogP contribution in [0.15, 0.2) is 60.8 Å². The molecule has 0 spiro atoms. The standard InChI is InChI=1S/C24H26N4O/c1-17-9-11-19(12-10-17)23(29)28-15-5-7-20(16-28)22-13-14-25-24(27-22)26-21-8-4-3-6-18(21)2/h3-4,6,8-14,20H,5,7,15-16H2,1-2H3,(H,25,26,27)/t20-/m0/s1. The number of anilines is 2. The zero-order valence-electron chi connectivity index (χ0n) is 16.9. The van der Waals surface area contributed by atoms with E-state index in [9.17, 15) is 4.79 Å². The number of carbonyl (C=O) groups is 1. The Morgan fingerprint density at radius 2 is 1.86 bits per heavy atom. The molecule has 1 N–H and O–H groups in total. The summed E-state index contributed by atoms with van der Waals surface area (Å²) in [5, 5.41) is 3.31. The number of benzene rings is 2. The van der Waals surface area contributed by atoms with E-state index >= 15 is 0 Å². The summed E-state index contributed by atoms with van der Waals surface area (Å²) in [7, 11) is 0. The first kappa shape index (κ1) is 19.1. The smallest absolute Gasteiger partial charge is 0.253 e. The van der Waals surface area contributed by atoms with Crippen LogP contribution in [0.5, 0.6) is 0 Å². The third kappa shape index (κ3) is 4.45. The number of para-hydroxylation sites is 1. The third-order valence-electron chi connectivity index (χ3n) is 5.49. The quantitative estimate of drug-likeness (QED) is 0.696. The number of aryl methyl sites for hydroxylation is 2. The van der Waals surface area contributed by atoms with Crippen LogP contribution < -0.4 is 5.32 Å². The molecule has 1 atom stereocenters. The highest BCUT2D eigenvalue weighted by atomic mass is 16.2. The van der Waals surface area contributed by atoms with Crippen LogP contribution in [0.3, 0.4) is 0 Å². The first-order valence-electron chi connectivity index (χ1n) is 10.1. The van der Waals surface area contributed by atoms with Gasteiger partial charge in [0.2, 0.25) is 5.95 Å². The Kier molecular flexibility index (Phi) is 5.56. The summed E-state index contributed by atoms with van der Waals surface area (Å²) in [6.45, 7) is 5.57. The normalized spacial score (nSPS) is 16.5. The zero-order chi connectivity index (χ0) is 20.2. The minimum Gasteiger partial charge on any atom is -0.338 e. The van der Waals surface area contributed by atoms with Gasteiger partial charge in [-0.3, -0.25) is 4.79 Å². The first-order valence-corrected chi connectivity index (χ1v) is 10.1. The molecule has 0 saturated carbocycles. The molecule has 0 bridgehead atoms. The molecule has 1 fully saturated rings. The maximum absolute atomic E-state index is 12.9. The third-order valence-corrected chi connectivity index (χ3v) is 5.49. The van der Waals surface area contributed by atoms with Gasteiger partial charge in [0.1, 0.15) is 0 Å². The summed E-state index contributed by atoms with van der Waals surface area (Å²) in [5.74, 6) is 0.916. The number of amides is 1. The van der Waals surface area contributed by atoms with Gasteiger partial charge in [0.25, 0.3) is 5.91 Å². The monoisotopic (exact) mass is 386 g/mol. The van der Waals surface area contributed by atoms with Crippen molar-refractivity contribution in [2.75, 3.05) is 18.4 Å².